The lowest BCUT2D eigenvalue weighted by Crippen LogP contribution is -2.49. The summed E-state index contributed by atoms with van der Waals surface area (Å²) in [5.41, 5.74) is 1.30. The topological polar surface area (TPSA) is 40.6 Å². The predicted molar refractivity (Wildman–Crippen MR) is 98.5 cm³/mol. The van der Waals surface area contributed by atoms with Gasteiger partial charge in [-0.3, -0.25) is 14.5 Å². The Morgan fingerprint density at radius 2 is 1.59 bits per heavy atom. The van der Waals surface area contributed by atoms with Crippen LogP contribution in [0.1, 0.15) is 22.3 Å². The van der Waals surface area contributed by atoms with E-state index in [4.69, 9.17) is 0 Å². The molecule has 0 aliphatic carbocycles. The van der Waals surface area contributed by atoms with Crippen molar-refractivity contribution in [1.29, 1.82) is 0 Å². The van der Waals surface area contributed by atoms with E-state index in [0.29, 0.717) is 44.6 Å². The molecule has 1 aliphatic heterocycles. The Bertz CT molecular complexity index is 800. The van der Waals surface area contributed by atoms with Crippen molar-refractivity contribution in [2.75, 3.05) is 32.7 Å². The number of Topliss-reactive ketones (excluding diaryl/α,β-unsaturated/α-hetero) is 1. The van der Waals surface area contributed by atoms with E-state index in [0.717, 1.165) is 5.56 Å². The van der Waals surface area contributed by atoms with Gasteiger partial charge in [-0.05, 0) is 48.4 Å². The molecule has 0 aromatic heterocycles. The predicted octanol–water partition coefficient (Wildman–Crippen LogP) is 2.92. The zero-order chi connectivity index (χ0) is 19.2. The highest BCUT2D eigenvalue weighted by Gasteiger charge is 2.22. The minimum Gasteiger partial charge on any atom is -0.340 e. The van der Waals surface area contributed by atoms with Crippen molar-refractivity contribution < 1.29 is 18.4 Å². The van der Waals surface area contributed by atoms with Gasteiger partial charge in [0.05, 0.1) is 6.54 Å². The molecule has 0 bridgehead atoms. The molecule has 1 amide bonds. The van der Waals surface area contributed by atoms with Crippen LogP contribution >= 0.6 is 0 Å². The first-order valence-electron chi connectivity index (χ1n) is 9.04. The molecule has 0 N–H and O–H groups in total. The second kappa shape index (κ2) is 8.86. The summed E-state index contributed by atoms with van der Waals surface area (Å²) in [4.78, 5) is 28.4. The number of ketones is 1. The minimum atomic E-state index is -0.364. The lowest BCUT2D eigenvalue weighted by Gasteiger charge is -2.34. The second-order valence-corrected chi connectivity index (χ2v) is 6.72. The van der Waals surface area contributed by atoms with Gasteiger partial charge in [0.2, 0.25) is 5.91 Å². The Hall–Kier alpha value is -2.60. The highest BCUT2D eigenvalue weighted by atomic mass is 19.1. The maximum atomic E-state index is 13.2. The Balaban J connectivity index is 1.43. The van der Waals surface area contributed by atoms with Crippen LogP contribution < -0.4 is 0 Å². The van der Waals surface area contributed by atoms with Gasteiger partial charge >= 0.3 is 0 Å². The number of amides is 1. The van der Waals surface area contributed by atoms with E-state index < -0.39 is 0 Å². The monoisotopic (exact) mass is 372 g/mol. The first-order valence-corrected chi connectivity index (χ1v) is 9.04. The third kappa shape index (κ3) is 5.44. The first kappa shape index (κ1) is 19.2. The highest BCUT2D eigenvalue weighted by Crippen LogP contribution is 2.11. The summed E-state index contributed by atoms with van der Waals surface area (Å²) in [5.74, 6) is -0.666. The molecule has 0 radical (unpaired) electrons. The number of aryl methyl sites for hydroxylation is 1. The van der Waals surface area contributed by atoms with Crippen LogP contribution in [-0.4, -0.2) is 54.2 Å². The minimum absolute atomic E-state index is 0.0452. The summed E-state index contributed by atoms with van der Waals surface area (Å²) in [6.45, 7) is 2.64. The number of piperazine rings is 1. The van der Waals surface area contributed by atoms with Crippen LogP contribution in [-0.2, 0) is 11.2 Å². The van der Waals surface area contributed by atoms with Gasteiger partial charge in [-0.2, -0.15) is 0 Å². The van der Waals surface area contributed by atoms with E-state index in [-0.39, 0.29) is 29.9 Å². The molecular weight excluding hydrogens is 350 g/mol. The summed E-state index contributed by atoms with van der Waals surface area (Å²) in [6, 6.07) is 11.8. The van der Waals surface area contributed by atoms with Gasteiger partial charge in [-0.1, -0.05) is 12.1 Å². The van der Waals surface area contributed by atoms with Gasteiger partial charge in [-0.15, -0.1) is 0 Å². The molecule has 27 heavy (non-hydrogen) atoms. The summed E-state index contributed by atoms with van der Waals surface area (Å²) in [5, 5.41) is 0. The number of hydrogen-bond donors (Lipinski definition) is 0. The van der Waals surface area contributed by atoms with Crippen molar-refractivity contribution in [2.45, 2.75) is 12.8 Å². The summed E-state index contributed by atoms with van der Waals surface area (Å²) >= 11 is 0. The first-order chi connectivity index (χ1) is 13.0. The Labute approximate surface area is 157 Å². The van der Waals surface area contributed by atoms with Crippen LogP contribution in [0.3, 0.4) is 0 Å². The van der Waals surface area contributed by atoms with E-state index in [1.807, 2.05) is 11.0 Å². The van der Waals surface area contributed by atoms with Gasteiger partial charge in [-0.25, -0.2) is 8.78 Å². The molecule has 3 rings (SSSR count). The van der Waals surface area contributed by atoms with Crippen molar-refractivity contribution in [1.82, 2.24) is 9.80 Å². The Morgan fingerprint density at radius 3 is 2.26 bits per heavy atom. The van der Waals surface area contributed by atoms with Gasteiger partial charge in [0.25, 0.3) is 0 Å². The lowest BCUT2D eigenvalue weighted by molar-refractivity contribution is -0.132. The molecule has 4 nitrogen and oxygen atoms in total. The molecule has 2 aromatic carbocycles. The molecule has 0 saturated carbocycles. The van der Waals surface area contributed by atoms with E-state index in [1.54, 1.807) is 11.0 Å². The number of rotatable bonds is 6. The largest absolute Gasteiger partial charge is 0.340 e. The second-order valence-electron chi connectivity index (χ2n) is 6.72. The smallest absolute Gasteiger partial charge is 0.222 e. The third-order valence-electron chi connectivity index (χ3n) is 4.77. The molecule has 1 saturated heterocycles. The molecular formula is C21H22F2N2O2. The van der Waals surface area contributed by atoms with Crippen LogP contribution in [0.15, 0.2) is 48.5 Å². The van der Waals surface area contributed by atoms with Crippen LogP contribution in [0.5, 0.6) is 0 Å². The zero-order valence-corrected chi connectivity index (χ0v) is 15.0. The SMILES string of the molecule is O=C(CN1CCN(C(=O)CCc2cccc(F)c2)CC1)c1ccc(F)cc1. The van der Waals surface area contributed by atoms with Crippen LogP contribution in [0, 0.1) is 11.6 Å². The molecule has 1 fully saturated rings. The number of hydrogen-bond acceptors (Lipinski definition) is 3. The fourth-order valence-electron chi connectivity index (χ4n) is 3.19. The van der Waals surface area contributed by atoms with Gasteiger partial charge < -0.3 is 4.90 Å². The van der Waals surface area contributed by atoms with Crippen molar-refractivity contribution in [2.24, 2.45) is 0 Å². The Kier molecular flexibility index (Phi) is 6.29. The molecule has 1 aliphatic rings. The quantitative estimate of drug-likeness (QED) is 0.732. The van der Waals surface area contributed by atoms with Gasteiger partial charge in [0.1, 0.15) is 11.6 Å². The lowest BCUT2D eigenvalue weighted by atomic mass is 10.1. The molecule has 0 spiro atoms. The number of nitrogens with zero attached hydrogens (tertiary/aromatic N) is 2. The fraction of sp³-hybridized carbons (Fsp3) is 0.333. The van der Waals surface area contributed by atoms with Crippen molar-refractivity contribution in [3.05, 3.63) is 71.3 Å². The highest BCUT2D eigenvalue weighted by molar-refractivity contribution is 5.97. The molecule has 0 atom stereocenters. The summed E-state index contributed by atoms with van der Waals surface area (Å²) < 4.78 is 26.1. The number of carbonyl (C=O) groups is 2. The van der Waals surface area contributed by atoms with Crippen LogP contribution in [0.4, 0.5) is 8.78 Å². The molecule has 1 heterocycles. The third-order valence-corrected chi connectivity index (χ3v) is 4.77. The van der Waals surface area contributed by atoms with E-state index in [9.17, 15) is 18.4 Å². The van der Waals surface area contributed by atoms with E-state index >= 15 is 0 Å². The molecule has 2 aromatic rings. The van der Waals surface area contributed by atoms with E-state index in [1.165, 1.54) is 36.4 Å². The summed E-state index contributed by atoms with van der Waals surface area (Å²) in [7, 11) is 0. The van der Waals surface area contributed by atoms with Crippen molar-refractivity contribution in [3.8, 4) is 0 Å². The Morgan fingerprint density at radius 1 is 0.889 bits per heavy atom. The van der Waals surface area contributed by atoms with Gasteiger partial charge in [0.15, 0.2) is 5.78 Å². The molecule has 0 unspecified atom stereocenters. The van der Waals surface area contributed by atoms with Crippen molar-refractivity contribution >= 4 is 11.7 Å². The molecule has 6 heteroatoms. The molecule has 142 valence electrons. The number of benzene rings is 2. The maximum absolute atomic E-state index is 13.2. The average molecular weight is 372 g/mol. The van der Waals surface area contributed by atoms with Gasteiger partial charge in [0, 0.05) is 38.2 Å². The summed E-state index contributed by atoms with van der Waals surface area (Å²) in [6.07, 6.45) is 0.859. The number of carbonyl (C=O) groups excluding carboxylic acids is 2. The van der Waals surface area contributed by atoms with Crippen LogP contribution in [0.25, 0.3) is 0 Å². The fourth-order valence-corrected chi connectivity index (χ4v) is 3.19. The zero-order valence-electron chi connectivity index (χ0n) is 15.0. The van der Waals surface area contributed by atoms with Crippen molar-refractivity contribution in [3.63, 3.8) is 0 Å². The number of halogens is 2. The normalized spacial score (nSPS) is 15.0. The average Bonchev–Trinajstić information content (AvgIpc) is 2.67. The van der Waals surface area contributed by atoms with E-state index in [2.05, 4.69) is 0 Å². The standard InChI is InChI=1S/C21H22F2N2O2/c22-18-7-5-17(6-8-18)20(26)15-24-10-12-25(13-11-24)21(27)9-4-16-2-1-3-19(23)14-16/h1-3,5-8,14H,4,9-13,15H2. The van der Waals surface area contributed by atoms with Crippen LogP contribution in [0.2, 0.25) is 0 Å². The maximum Gasteiger partial charge on any atom is 0.222 e.